The van der Waals surface area contributed by atoms with E-state index in [-0.39, 0.29) is 11.4 Å². The Bertz CT molecular complexity index is 1130. The maximum Gasteiger partial charge on any atom is 0.335 e. The molecule has 1 aliphatic carbocycles. The predicted molar refractivity (Wildman–Crippen MR) is 125 cm³/mol. The molecule has 9 nitrogen and oxygen atoms in total. The van der Waals surface area contributed by atoms with Crippen LogP contribution in [0.1, 0.15) is 50.2 Å². The van der Waals surface area contributed by atoms with Gasteiger partial charge in [0, 0.05) is 37.2 Å². The molecule has 2 aromatic rings. The van der Waals surface area contributed by atoms with Gasteiger partial charge in [0.1, 0.15) is 12.9 Å². The Labute approximate surface area is 199 Å². The zero-order valence-electron chi connectivity index (χ0n) is 20.2. The number of hydrogen-bond donors (Lipinski definition) is 0. The number of rotatable bonds is 8. The van der Waals surface area contributed by atoms with E-state index in [1.165, 1.54) is 17.4 Å². The SMILES string of the molecule is CC1=C(N(C)CC[C@]2(C=O)CC[C@@H](N(C)Cc3ccc4c(c3)Cn3nnnc3-4)CC2)COC1=O. The molecular formula is C25H32N6O3. The second kappa shape index (κ2) is 8.94. The molecule has 1 aromatic carbocycles. The van der Waals surface area contributed by atoms with Crippen LogP contribution in [0.25, 0.3) is 11.4 Å². The largest absolute Gasteiger partial charge is 0.456 e. The second-order valence-corrected chi connectivity index (χ2v) is 10.1. The summed E-state index contributed by atoms with van der Waals surface area (Å²) in [5, 5.41) is 11.9. The Morgan fingerprint density at radius 1 is 1.26 bits per heavy atom. The minimum Gasteiger partial charge on any atom is -0.456 e. The van der Waals surface area contributed by atoms with Gasteiger partial charge in [-0.25, -0.2) is 9.48 Å². The van der Waals surface area contributed by atoms with Crippen molar-refractivity contribution in [2.24, 2.45) is 5.41 Å². The van der Waals surface area contributed by atoms with Crippen molar-refractivity contribution in [2.45, 2.75) is 58.2 Å². The Morgan fingerprint density at radius 2 is 2.06 bits per heavy atom. The van der Waals surface area contributed by atoms with Crippen LogP contribution >= 0.6 is 0 Å². The maximum absolute atomic E-state index is 12.1. The van der Waals surface area contributed by atoms with E-state index in [1.807, 2.05) is 11.7 Å². The van der Waals surface area contributed by atoms with Crippen molar-refractivity contribution in [1.82, 2.24) is 30.0 Å². The minimum atomic E-state index is -0.279. The lowest BCUT2D eigenvalue weighted by atomic mass is 9.71. The van der Waals surface area contributed by atoms with E-state index in [9.17, 15) is 9.59 Å². The van der Waals surface area contributed by atoms with E-state index in [1.54, 1.807) is 6.92 Å². The van der Waals surface area contributed by atoms with E-state index in [0.29, 0.717) is 18.2 Å². The lowest BCUT2D eigenvalue weighted by Gasteiger charge is -2.40. The summed E-state index contributed by atoms with van der Waals surface area (Å²) in [6.45, 7) is 4.50. The number of tetrazole rings is 1. The molecule has 1 saturated carbocycles. The highest BCUT2D eigenvalue weighted by atomic mass is 16.5. The number of fused-ring (bicyclic) bond motifs is 3. The van der Waals surface area contributed by atoms with Crippen LogP contribution in [0.4, 0.5) is 0 Å². The summed E-state index contributed by atoms with van der Waals surface area (Å²) in [4.78, 5) is 28.3. The highest BCUT2D eigenvalue weighted by Gasteiger charge is 2.37. The van der Waals surface area contributed by atoms with Crippen molar-refractivity contribution in [3.05, 3.63) is 40.6 Å². The summed E-state index contributed by atoms with van der Waals surface area (Å²) in [5.41, 5.74) is 4.98. The molecule has 0 spiro atoms. The fourth-order valence-corrected chi connectivity index (χ4v) is 5.61. The number of cyclic esters (lactones) is 1. The van der Waals surface area contributed by atoms with Gasteiger partial charge < -0.3 is 14.4 Å². The first kappa shape index (κ1) is 22.7. The lowest BCUT2D eigenvalue weighted by Crippen LogP contribution is -2.40. The summed E-state index contributed by atoms with van der Waals surface area (Å²) in [5.74, 6) is 0.607. The monoisotopic (exact) mass is 464 g/mol. The molecule has 0 unspecified atom stereocenters. The number of benzene rings is 1. The fraction of sp³-hybridized carbons (Fsp3) is 0.560. The number of esters is 1. The average Bonchev–Trinajstić information content (AvgIpc) is 3.53. The van der Waals surface area contributed by atoms with Crippen LogP contribution in [0, 0.1) is 5.41 Å². The molecule has 0 atom stereocenters. The van der Waals surface area contributed by atoms with Gasteiger partial charge in [-0.05, 0) is 67.6 Å². The first-order valence-electron chi connectivity index (χ1n) is 12.0. The predicted octanol–water partition coefficient (Wildman–Crippen LogP) is 2.41. The Kier molecular flexibility index (Phi) is 5.97. The van der Waals surface area contributed by atoms with Crippen molar-refractivity contribution >= 4 is 12.3 Å². The van der Waals surface area contributed by atoms with Gasteiger partial charge in [-0.1, -0.05) is 18.2 Å². The van der Waals surface area contributed by atoms with Crippen molar-refractivity contribution in [1.29, 1.82) is 0 Å². The number of aldehydes is 1. The molecule has 5 rings (SSSR count). The highest BCUT2D eigenvalue weighted by molar-refractivity contribution is 5.90. The van der Waals surface area contributed by atoms with Crippen LogP contribution < -0.4 is 0 Å². The van der Waals surface area contributed by atoms with Crippen molar-refractivity contribution in [2.75, 3.05) is 27.2 Å². The number of hydrogen-bond acceptors (Lipinski definition) is 8. The van der Waals surface area contributed by atoms with E-state index >= 15 is 0 Å². The molecular weight excluding hydrogens is 432 g/mol. The van der Waals surface area contributed by atoms with Crippen LogP contribution in [-0.4, -0.2) is 75.6 Å². The summed E-state index contributed by atoms with van der Waals surface area (Å²) >= 11 is 0. The Hall–Kier alpha value is -3.07. The smallest absolute Gasteiger partial charge is 0.335 e. The first-order valence-corrected chi connectivity index (χ1v) is 12.0. The topological polar surface area (TPSA) is 93.5 Å². The van der Waals surface area contributed by atoms with Gasteiger partial charge in [-0.2, -0.15) is 0 Å². The molecule has 34 heavy (non-hydrogen) atoms. The highest BCUT2D eigenvalue weighted by Crippen LogP contribution is 2.40. The second-order valence-electron chi connectivity index (χ2n) is 10.1. The number of carbonyl (C=O) groups excluding carboxylic acids is 2. The molecule has 0 bridgehead atoms. The standard InChI is InChI=1S/C25H32N6O3/c1-17-22(15-34-24(17)33)29(2)11-10-25(16-32)8-6-20(7-9-25)30(3)13-18-4-5-21-19(12-18)14-31-23(21)26-27-28-31/h4-5,12,16,20H,6-11,13-15H2,1-3H3/t20-,25+. The zero-order chi connectivity index (χ0) is 23.9. The van der Waals surface area contributed by atoms with Crippen LogP contribution in [0.5, 0.6) is 0 Å². The summed E-state index contributed by atoms with van der Waals surface area (Å²) < 4.78 is 6.97. The summed E-state index contributed by atoms with van der Waals surface area (Å²) in [6.07, 6.45) is 5.81. The molecule has 1 fully saturated rings. The van der Waals surface area contributed by atoms with Gasteiger partial charge in [-0.3, -0.25) is 4.90 Å². The van der Waals surface area contributed by atoms with E-state index in [2.05, 4.69) is 50.6 Å². The normalized spacial score (nSPS) is 23.8. The van der Waals surface area contributed by atoms with Gasteiger partial charge in [0.2, 0.25) is 0 Å². The molecule has 0 N–H and O–H groups in total. The molecule has 0 amide bonds. The van der Waals surface area contributed by atoms with Crippen molar-refractivity contribution in [3.63, 3.8) is 0 Å². The quantitative estimate of drug-likeness (QED) is 0.371. The van der Waals surface area contributed by atoms with Crippen LogP contribution in [0.2, 0.25) is 0 Å². The number of ether oxygens (including phenoxy) is 1. The summed E-state index contributed by atoms with van der Waals surface area (Å²) in [6, 6.07) is 7.02. The molecule has 0 radical (unpaired) electrons. The number of carbonyl (C=O) groups is 2. The lowest BCUT2D eigenvalue weighted by molar-refractivity contribution is -0.136. The minimum absolute atomic E-state index is 0.238. The number of nitrogens with zero attached hydrogens (tertiary/aromatic N) is 6. The molecule has 180 valence electrons. The molecule has 3 aliphatic rings. The number of aromatic nitrogens is 4. The van der Waals surface area contributed by atoms with E-state index in [4.69, 9.17) is 4.74 Å². The fourth-order valence-electron chi connectivity index (χ4n) is 5.61. The molecule has 9 heteroatoms. The summed E-state index contributed by atoms with van der Waals surface area (Å²) in [7, 11) is 4.16. The van der Waals surface area contributed by atoms with Gasteiger partial charge in [0.05, 0.1) is 17.8 Å². The van der Waals surface area contributed by atoms with E-state index in [0.717, 1.165) is 68.8 Å². The number of likely N-dealkylation sites (N-methyl/N-ethyl adjacent to an activating group) is 1. The van der Waals surface area contributed by atoms with Crippen LogP contribution in [0.15, 0.2) is 29.5 Å². The van der Waals surface area contributed by atoms with Crippen LogP contribution in [0.3, 0.4) is 0 Å². The molecule has 3 heterocycles. The first-order chi connectivity index (χ1) is 16.4. The van der Waals surface area contributed by atoms with Gasteiger partial charge >= 0.3 is 5.97 Å². The van der Waals surface area contributed by atoms with Gasteiger partial charge in [-0.15, -0.1) is 5.10 Å². The average molecular weight is 465 g/mol. The van der Waals surface area contributed by atoms with Gasteiger partial charge in [0.15, 0.2) is 5.82 Å². The van der Waals surface area contributed by atoms with E-state index < -0.39 is 0 Å². The maximum atomic E-state index is 12.1. The molecule has 2 aliphatic heterocycles. The van der Waals surface area contributed by atoms with Crippen molar-refractivity contribution < 1.29 is 14.3 Å². The van der Waals surface area contributed by atoms with Crippen molar-refractivity contribution in [3.8, 4) is 11.4 Å². The third kappa shape index (κ3) is 4.13. The molecule has 0 saturated heterocycles. The third-order valence-corrected chi connectivity index (χ3v) is 8.00. The van der Waals surface area contributed by atoms with Gasteiger partial charge in [0.25, 0.3) is 0 Å². The third-order valence-electron chi connectivity index (χ3n) is 8.00. The Balaban J connectivity index is 1.15. The molecule has 1 aromatic heterocycles. The van der Waals surface area contributed by atoms with Crippen LogP contribution in [-0.2, 0) is 27.4 Å². The Morgan fingerprint density at radius 3 is 2.76 bits per heavy atom. The zero-order valence-corrected chi connectivity index (χ0v) is 20.2.